The molecule has 1 unspecified atom stereocenters. The van der Waals surface area contributed by atoms with Crippen LogP contribution in [0.4, 0.5) is 24.0 Å². The van der Waals surface area contributed by atoms with E-state index in [2.05, 4.69) is 20.8 Å². The Balaban J connectivity index is 2.13. The van der Waals surface area contributed by atoms with Crippen LogP contribution in [0.5, 0.6) is 0 Å². The van der Waals surface area contributed by atoms with Gasteiger partial charge in [-0.25, -0.2) is 0 Å². The number of hydrogen-bond acceptors (Lipinski definition) is 6. The SMILES string of the molecule is CCCNc1nnc(SC(C(=O)Nc2ccccc2C(F)(F)F)C(C)C)s1. The summed E-state index contributed by atoms with van der Waals surface area (Å²) in [4.78, 5) is 12.7. The van der Waals surface area contributed by atoms with E-state index in [1.165, 1.54) is 41.3 Å². The van der Waals surface area contributed by atoms with E-state index in [9.17, 15) is 18.0 Å². The standard InChI is InChI=1S/C17H21F3N4OS2/c1-4-9-21-15-23-24-16(27-15)26-13(10(2)3)14(25)22-12-8-6-5-7-11(12)17(18,19)20/h5-8,10,13H,4,9H2,1-3H3,(H,21,23)(H,22,25). The molecule has 0 radical (unpaired) electrons. The lowest BCUT2D eigenvalue weighted by Crippen LogP contribution is -2.30. The second kappa shape index (κ2) is 9.41. The van der Waals surface area contributed by atoms with Crippen LogP contribution in [0.2, 0.25) is 0 Å². The van der Waals surface area contributed by atoms with Crippen LogP contribution in [0, 0.1) is 5.92 Å². The quantitative estimate of drug-likeness (QED) is 0.582. The van der Waals surface area contributed by atoms with Gasteiger partial charge in [-0.05, 0) is 24.5 Å². The van der Waals surface area contributed by atoms with Crippen molar-refractivity contribution in [1.82, 2.24) is 10.2 Å². The van der Waals surface area contributed by atoms with Crippen molar-refractivity contribution >= 4 is 39.8 Å². The molecule has 2 aromatic rings. The minimum Gasteiger partial charge on any atom is -0.360 e. The van der Waals surface area contributed by atoms with E-state index < -0.39 is 22.9 Å². The summed E-state index contributed by atoms with van der Waals surface area (Å²) in [6.45, 7) is 6.47. The highest BCUT2D eigenvalue weighted by Crippen LogP contribution is 2.36. The summed E-state index contributed by atoms with van der Waals surface area (Å²) in [6, 6.07) is 4.95. The first kappa shape index (κ1) is 21.5. The van der Waals surface area contributed by atoms with Crippen molar-refractivity contribution in [1.29, 1.82) is 0 Å². The van der Waals surface area contributed by atoms with Gasteiger partial charge >= 0.3 is 6.18 Å². The highest BCUT2D eigenvalue weighted by molar-refractivity contribution is 8.02. The number of hydrogen-bond donors (Lipinski definition) is 2. The van der Waals surface area contributed by atoms with Gasteiger partial charge in [-0.3, -0.25) is 4.79 Å². The Morgan fingerprint density at radius 1 is 1.26 bits per heavy atom. The molecule has 0 aliphatic rings. The van der Waals surface area contributed by atoms with Gasteiger partial charge in [0.05, 0.1) is 16.5 Å². The maximum Gasteiger partial charge on any atom is 0.418 e. The minimum atomic E-state index is -4.54. The molecule has 0 saturated heterocycles. The van der Waals surface area contributed by atoms with E-state index in [0.717, 1.165) is 19.0 Å². The first-order chi connectivity index (χ1) is 12.7. The molecular formula is C17H21F3N4OS2. The van der Waals surface area contributed by atoms with Gasteiger partial charge in [-0.2, -0.15) is 13.2 Å². The van der Waals surface area contributed by atoms with Crippen LogP contribution in [0.1, 0.15) is 32.8 Å². The first-order valence-corrected chi connectivity index (χ1v) is 10.1. The number of nitrogens with zero attached hydrogens (tertiary/aromatic N) is 2. The van der Waals surface area contributed by atoms with Crippen molar-refractivity contribution in [3.8, 4) is 0 Å². The number of aromatic nitrogens is 2. The van der Waals surface area contributed by atoms with Crippen molar-refractivity contribution in [3.05, 3.63) is 29.8 Å². The lowest BCUT2D eigenvalue weighted by atomic mass is 10.1. The second-order valence-corrected chi connectivity index (χ2v) is 8.48. The van der Waals surface area contributed by atoms with E-state index in [4.69, 9.17) is 0 Å². The molecule has 1 aromatic heterocycles. The second-order valence-electron chi connectivity index (χ2n) is 6.11. The molecule has 0 bridgehead atoms. The Hall–Kier alpha value is -1.81. The molecule has 1 amide bonds. The number of carbonyl (C=O) groups excluding carboxylic acids is 1. The average Bonchev–Trinajstić information content (AvgIpc) is 3.04. The van der Waals surface area contributed by atoms with Crippen LogP contribution >= 0.6 is 23.1 Å². The number of alkyl halides is 3. The van der Waals surface area contributed by atoms with Gasteiger partial charge < -0.3 is 10.6 Å². The molecular weight excluding hydrogens is 397 g/mol. The number of carbonyl (C=O) groups is 1. The number of anilines is 2. The fourth-order valence-electron chi connectivity index (χ4n) is 2.20. The molecule has 0 aliphatic carbocycles. The van der Waals surface area contributed by atoms with Gasteiger partial charge in [0.25, 0.3) is 0 Å². The molecule has 0 aliphatic heterocycles. The molecule has 0 fully saturated rings. The zero-order valence-corrected chi connectivity index (χ0v) is 16.8. The van der Waals surface area contributed by atoms with Gasteiger partial charge in [-0.1, -0.05) is 56.0 Å². The Kier molecular flexibility index (Phi) is 7.49. The van der Waals surface area contributed by atoms with E-state index in [0.29, 0.717) is 9.47 Å². The van der Waals surface area contributed by atoms with Gasteiger partial charge in [0, 0.05) is 6.54 Å². The largest absolute Gasteiger partial charge is 0.418 e. The van der Waals surface area contributed by atoms with E-state index in [-0.39, 0.29) is 11.6 Å². The van der Waals surface area contributed by atoms with Crippen molar-refractivity contribution in [2.45, 2.75) is 43.0 Å². The molecule has 0 saturated carbocycles. The third-order valence-corrected chi connectivity index (χ3v) is 6.02. The number of thioether (sulfide) groups is 1. The lowest BCUT2D eigenvalue weighted by molar-refractivity contribution is -0.137. The van der Waals surface area contributed by atoms with Crippen LogP contribution in [-0.4, -0.2) is 27.9 Å². The highest BCUT2D eigenvalue weighted by atomic mass is 32.2. The van der Waals surface area contributed by atoms with Crippen LogP contribution in [0.3, 0.4) is 0 Å². The number of amides is 1. The number of benzene rings is 1. The molecule has 2 N–H and O–H groups in total. The Morgan fingerprint density at radius 2 is 1.96 bits per heavy atom. The molecule has 1 heterocycles. The van der Waals surface area contributed by atoms with E-state index in [1.54, 1.807) is 0 Å². The Labute approximate surface area is 164 Å². The van der Waals surface area contributed by atoms with Gasteiger partial charge in [-0.15, -0.1) is 10.2 Å². The summed E-state index contributed by atoms with van der Waals surface area (Å²) < 4.78 is 40.0. The number of nitrogens with one attached hydrogen (secondary N) is 2. The number of halogens is 3. The van der Waals surface area contributed by atoms with Crippen LogP contribution in [0.15, 0.2) is 28.6 Å². The predicted molar refractivity (Wildman–Crippen MR) is 103 cm³/mol. The van der Waals surface area contributed by atoms with Gasteiger partial charge in [0.15, 0.2) is 4.34 Å². The highest BCUT2D eigenvalue weighted by Gasteiger charge is 2.34. The van der Waals surface area contributed by atoms with Crippen LogP contribution in [0.25, 0.3) is 0 Å². The molecule has 10 heteroatoms. The van der Waals surface area contributed by atoms with Crippen LogP contribution < -0.4 is 10.6 Å². The van der Waals surface area contributed by atoms with Gasteiger partial charge in [0.1, 0.15) is 0 Å². The molecule has 1 aromatic carbocycles. The predicted octanol–water partition coefficient (Wildman–Crippen LogP) is 5.13. The molecule has 1 atom stereocenters. The van der Waals surface area contributed by atoms with Crippen molar-refractivity contribution < 1.29 is 18.0 Å². The third-order valence-electron chi connectivity index (χ3n) is 3.51. The molecule has 148 valence electrons. The number of para-hydroxylation sites is 1. The molecule has 5 nitrogen and oxygen atoms in total. The summed E-state index contributed by atoms with van der Waals surface area (Å²) in [5.41, 5.74) is -1.11. The Morgan fingerprint density at radius 3 is 2.59 bits per heavy atom. The van der Waals surface area contributed by atoms with Crippen molar-refractivity contribution in [3.63, 3.8) is 0 Å². The van der Waals surface area contributed by atoms with Crippen LogP contribution in [-0.2, 0) is 11.0 Å². The molecule has 0 spiro atoms. The fraction of sp³-hybridized carbons (Fsp3) is 0.471. The Bertz CT molecular complexity index is 765. The zero-order valence-electron chi connectivity index (χ0n) is 15.1. The van der Waals surface area contributed by atoms with Crippen molar-refractivity contribution in [2.24, 2.45) is 5.92 Å². The summed E-state index contributed by atoms with van der Waals surface area (Å²) in [5, 5.41) is 13.7. The summed E-state index contributed by atoms with van der Waals surface area (Å²) >= 11 is 2.52. The normalized spacial score (nSPS) is 12.9. The maximum atomic E-state index is 13.1. The maximum absolute atomic E-state index is 13.1. The summed E-state index contributed by atoms with van der Waals surface area (Å²) in [5.74, 6) is -0.603. The van der Waals surface area contributed by atoms with Crippen molar-refractivity contribution in [2.75, 3.05) is 17.2 Å². The van der Waals surface area contributed by atoms with E-state index >= 15 is 0 Å². The van der Waals surface area contributed by atoms with E-state index in [1.807, 2.05) is 20.8 Å². The van der Waals surface area contributed by atoms with Gasteiger partial charge in [0.2, 0.25) is 11.0 Å². The molecule has 27 heavy (non-hydrogen) atoms. The molecule has 2 rings (SSSR count). The topological polar surface area (TPSA) is 66.9 Å². The summed E-state index contributed by atoms with van der Waals surface area (Å²) in [6.07, 6.45) is -3.60. The summed E-state index contributed by atoms with van der Waals surface area (Å²) in [7, 11) is 0. The zero-order chi connectivity index (χ0) is 20.0. The third kappa shape index (κ3) is 6.10. The fourth-order valence-corrected chi connectivity index (χ4v) is 4.19. The first-order valence-electron chi connectivity index (χ1n) is 8.43. The minimum absolute atomic E-state index is 0.107. The average molecular weight is 419 g/mol. The smallest absolute Gasteiger partial charge is 0.360 e. The monoisotopic (exact) mass is 418 g/mol. The lowest BCUT2D eigenvalue weighted by Gasteiger charge is -2.20. The number of rotatable bonds is 8.